The highest BCUT2D eigenvalue weighted by molar-refractivity contribution is 6.12. The average molecular weight is 515 g/mol. The van der Waals surface area contributed by atoms with E-state index >= 15 is 0 Å². The molecule has 5 rings (SSSR count). The minimum Gasteiger partial charge on any atom is -0.457 e. The molecule has 4 aromatic rings. The summed E-state index contributed by atoms with van der Waals surface area (Å²) in [5.74, 6) is 2.19. The number of benzene rings is 4. The number of nitrogen functional groups attached to an aromatic ring is 2. The fourth-order valence-corrected chi connectivity index (χ4v) is 4.08. The van der Waals surface area contributed by atoms with Gasteiger partial charge in [0.2, 0.25) is 0 Å². The molecule has 0 amide bonds. The lowest BCUT2D eigenvalue weighted by Crippen LogP contribution is -2.02. The lowest BCUT2D eigenvalue weighted by molar-refractivity contribution is 0.102. The fraction of sp³-hybridized carbons (Fsp3) is 0.0303. The Morgan fingerprint density at radius 3 is 1.62 bits per heavy atom. The van der Waals surface area contributed by atoms with Crippen LogP contribution in [0.15, 0.2) is 133 Å². The van der Waals surface area contributed by atoms with Crippen LogP contribution in [0, 0.1) is 0 Å². The van der Waals surface area contributed by atoms with Crippen molar-refractivity contribution in [2.24, 2.45) is 0 Å². The maximum absolute atomic E-state index is 13.1. The van der Waals surface area contributed by atoms with Crippen molar-refractivity contribution in [2.75, 3.05) is 11.5 Å². The van der Waals surface area contributed by atoms with Gasteiger partial charge in [0, 0.05) is 45.8 Å². The van der Waals surface area contributed by atoms with E-state index in [1.54, 1.807) is 91.0 Å². The number of rotatable bonds is 8. The van der Waals surface area contributed by atoms with E-state index in [2.05, 4.69) is 0 Å². The van der Waals surface area contributed by atoms with E-state index in [0.29, 0.717) is 63.1 Å². The molecule has 0 aliphatic heterocycles. The topological polar surface area (TPSA) is 105 Å². The first-order valence-corrected chi connectivity index (χ1v) is 12.4. The van der Waals surface area contributed by atoms with Crippen molar-refractivity contribution >= 4 is 22.9 Å². The summed E-state index contributed by atoms with van der Waals surface area (Å²) in [5.41, 5.74) is 14.9. The Kier molecular flexibility index (Phi) is 7.37. The third kappa shape index (κ3) is 6.32. The first kappa shape index (κ1) is 25.3. The minimum absolute atomic E-state index is 0.108. The maximum atomic E-state index is 13.1. The number of hydrogen-bond donors (Lipinski definition) is 2. The molecule has 6 heteroatoms. The molecule has 0 fully saturated rings. The van der Waals surface area contributed by atoms with Crippen LogP contribution in [0.2, 0.25) is 0 Å². The van der Waals surface area contributed by atoms with Gasteiger partial charge >= 0.3 is 0 Å². The predicted molar refractivity (Wildman–Crippen MR) is 153 cm³/mol. The fourth-order valence-electron chi connectivity index (χ4n) is 4.08. The molecule has 0 atom stereocenters. The van der Waals surface area contributed by atoms with Crippen LogP contribution in [0.25, 0.3) is 0 Å². The lowest BCUT2D eigenvalue weighted by Gasteiger charge is -2.08. The van der Waals surface area contributed by atoms with E-state index in [4.69, 9.17) is 20.9 Å². The van der Waals surface area contributed by atoms with Crippen molar-refractivity contribution in [1.82, 2.24) is 0 Å². The van der Waals surface area contributed by atoms with Crippen LogP contribution in [-0.4, -0.2) is 11.6 Å². The summed E-state index contributed by atoms with van der Waals surface area (Å²) < 4.78 is 11.6. The largest absolute Gasteiger partial charge is 0.457 e. The van der Waals surface area contributed by atoms with Gasteiger partial charge in [-0.15, -0.1) is 0 Å². The first-order valence-electron chi connectivity index (χ1n) is 12.4. The molecule has 0 spiro atoms. The molecule has 0 heterocycles. The molecule has 0 saturated heterocycles. The number of nitrogens with two attached hydrogens (primary N) is 2. The molecule has 0 radical (unpaired) electrons. The predicted octanol–water partition coefficient (Wildman–Crippen LogP) is 7.31. The molecular weight excluding hydrogens is 488 g/mol. The van der Waals surface area contributed by atoms with Gasteiger partial charge in [-0.1, -0.05) is 36.4 Å². The van der Waals surface area contributed by atoms with Crippen LogP contribution >= 0.6 is 0 Å². The quantitative estimate of drug-likeness (QED) is 0.189. The van der Waals surface area contributed by atoms with Crippen LogP contribution in [0.5, 0.6) is 23.0 Å². The van der Waals surface area contributed by atoms with Crippen molar-refractivity contribution < 1.29 is 19.1 Å². The molecule has 4 aromatic carbocycles. The SMILES string of the molecule is Nc1cccc(Oc2ccc(C(=O)C3=CC=C(C(=O)c4ccc(Oc5cccc(N)c5)cc4)CC=C3)cc2)c1. The number of ketones is 2. The standard InChI is InChI=1S/C33H26N2O4/c34-26-6-2-8-30(20-26)38-28-16-12-24(13-17-28)32(36)22-4-1-5-23(11-10-22)33(37)25-14-18-29(19-15-25)39-31-9-3-7-27(35)21-31/h1-4,6-21H,5,34-35H2. The van der Waals surface area contributed by atoms with Gasteiger partial charge in [0.15, 0.2) is 11.6 Å². The number of allylic oxidation sites excluding steroid dienone is 6. The van der Waals surface area contributed by atoms with Crippen molar-refractivity contribution in [3.8, 4) is 23.0 Å². The van der Waals surface area contributed by atoms with E-state index in [1.807, 2.05) is 30.3 Å². The lowest BCUT2D eigenvalue weighted by atomic mass is 10.0. The van der Waals surface area contributed by atoms with Gasteiger partial charge in [-0.3, -0.25) is 9.59 Å². The summed E-state index contributed by atoms with van der Waals surface area (Å²) in [6.07, 6.45) is 7.39. The number of anilines is 2. The second kappa shape index (κ2) is 11.4. The molecular formula is C33H26N2O4. The molecule has 6 nitrogen and oxygen atoms in total. The Bertz CT molecular complexity index is 1610. The van der Waals surface area contributed by atoms with Crippen LogP contribution in [0.3, 0.4) is 0 Å². The Morgan fingerprint density at radius 1 is 0.590 bits per heavy atom. The van der Waals surface area contributed by atoms with Gasteiger partial charge in [0.05, 0.1) is 0 Å². The molecule has 192 valence electrons. The van der Waals surface area contributed by atoms with Crippen LogP contribution in [0.4, 0.5) is 11.4 Å². The molecule has 1 aliphatic carbocycles. The van der Waals surface area contributed by atoms with Crippen molar-refractivity contribution in [1.29, 1.82) is 0 Å². The zero-order chi connectivity index (χ0) is 27.2. The Balaban J connectivity index is 1.25. The third-order valence-corrected chi connectivity index (χ3v) is 6.07. The van der Waals surface area contributed by atoms with Gasteiger partial charge < -0.3 is 20.9 Å². The molecule has 0 saturated carbocycles. The van der Waals surface area contributed by atoms with E-state index in [1.165, 1.54) is 0 Å². The number of hydrogen-bond acceptors (Lipinski definition) is 6. The summed E-state index contributed by atoms with van der Waals surface area (Å²) in [5, 5.41) is 0. The summed E-state index contributed by atoms with van der Waals surface area (Å²) >= 11 is 0. The Labute approximate surface area is 226 Å². The van der Waals surface area contributed by atoms with E-state index in [9.17, 15) is 9.59 Å². The minimum atomic E-state index is -0.144. The second-order valence-electron chi connectivity index (χ2n) is 8.98. The second-order valence-corrected chi connectivity index (χ2v) is 8.98. The number of carbonyl (C=O) groups excluding carboxylic acids is 2. The van der Waals surface area contributed by atoms with Gasteiger partial charge in [-0.2, -0.15) is 0 Å². The molecule has 0 bridgehead atoms. The zero-order valence-corrected chi connectivity index (χ0v) is 21.0. The van der Waals surface area contributed by atoms with Crippen LogP contribution < -0.4 is 20.9 Å². The first-order chi connectivity index (χ1) is 18.9. The van der Waals surface area contributed by atoms with Crippen LogP contribution in [0.1, 0.15) is 27.1 Å². The summed E-state index contributed by atoms with van der Waals surface area (Å²) in [4.78, 5) is 26.2. The zero-order valence-electron chi connectivity index (χ0n) is 21.0. The Morgan fingerprint density at radius 2 is 1.10 bits per heavy atom. The van der Waals surface area contributed by atoms with Gasteiger partial charge in [-0.25, -0.2) is 0 Å². The molecule has 39 heavy (non-hydrogen) atoms. The summed E-state index contributed by atoms with van der Waals surface area (Å²) in [7, 11) is 0. The summed E-state index contributed by atoms with van der Waals surface area (Å²) in [6, 6.07) is 28.1. The summed E-state index contributed by atoms with van der Waals surface area (Å²) in [6.45, 7) is 0. The highest BCUT2D eigenvalue weighted by Crippen LogP contribution is 2.26. The van der Waals surface area contributed by atoms with Crippen LogP contribution in [-0.2, 0) is 0 Å². The maximum Gasteiger partial charge on any atom is 0.193 e. The number of ether oxygens (including phenoxy) is 2. The van der Waals surface area contributed by atoms with Gasteiger partial charge in [0.25, 0.3) is 0 Å². The van der Waals surface area contributed by atoms with Crippen molar-refractivity contribution in [3.05, 3.63) is 144 Å². The monoisotopic (exact) mass is 514 g/mol. The number of Topliss-reactive ketones (excluding diaryl/α,β-unsaturated/α-hetero) is 2. The highest BCUT2D eigenvalue weighted by atomic mass is 16.5. The normalized spacial score (nSPS) is 12.6. The van der Waals surface area contributed by atoms with Gasteiger partial charge in [0.1, 0.15) is 23.0 Å². The van der Waals surface area contributed by atoms with Crippen molar-refractivity contribution in [3.63, 3.8) is 0 Å². The molecule has 4 N–H and O–H groups in total. The highest BCUT2D eigenvalue weighted by Gasteiger charge is 2.16. The average Bonchev–Trinajstić information content (AvgIpc) is 3.20. The van der Waals surface area contributed by atoms with Crippen molar-refractivity contribution in [2.45, 2.75) is 6.42 Å². The van der Waals surface area contributed by atoms with Gasteiger partial charge in [-0.05, 0) is 79.2 Å². The number of carbonyl (C=O) groups is 2. The van der Waals surface area contributed by atoms with E-state index in [-0.39, 0.29) is 11.6 Å². The molecule has 0 unspecified atom stereocenters. The molecule has 1 aliphatic rings. The molecule has 0 aromatic heterocycles. The van der Waals surface area contributed by atoms with E-state index < -0.39 is 0 Å². The smallest absolute Gasteiger partial charge is 0.193 e. The Hall–Kier alpha value is -5.36. The third-order valence-electron chi connectivity index (χ3n) is 6.07. The van der Waals surface area contributed by atoms with E-state index in [0.717, 1.165) is 0 Å².